The average Bonchev–Trinajstić information content (AvgIpc) is 2.78. The second-order valence-electron chi connectivity index (χ2n) is 8.04. The molecule has 0 heterocycles. The van der Waals surface area contributed by atoms with Gasteiger partial charge in [0.15, 0.2) is 0 Å². The lowest BCUT2D eigenvalue weighted by Gasteiger charge is -2.18. The molecule has 3 atom stereocenters. The van der Waals surface area contributed by atoms with Crippen LogP contribution in [0.5, 0.6) is 0 Å². The van der Waals surface area contributed by atoms with Crippen molar-refractivity contribution in [2.24, 2.45) is 11.5 Å². The van der Waals surface area contributed by atoms with Crippen molar-refractivity contribution in [2.45, 2.75) is 50.3 Å². The third kappa shape index (κ3) is 9.40. The zero-order chi connectivity index (χ0) is 23.3. The molecule has 0 radical (unpaired) electrons. The minimum absolute atomic E-state index is 0.264. The first-order chi connectivity index (χ1) is 15.4. The van der Waals surface area contributed by atoms with Crippen molar-refractivity contribution in [2.75, 3.05) is 19.6 Å². The first kappa shape index (κ1) is 25.9. The fraction of sp³-hybridized carbons (Fsp3) is 0.458. The molecule has 0 saturated heterocycles. The van der Waals surface area contributed by atoms with Crippen LogP contribution in [-0.4, -0.2) is 48.8 Å². The molecule has 32 heavy (non-hydrogen) atoms. The summed E-state index contributed by atoms with van der Waals surface area (Å²) < 4.78 is 26.9. The molecule has 2 aromatic carbocycles. The summed E-state index contributed by atoms with van der Waals surface area (Å²) in [6.07, 6.45) is 1.68. The number of aliphatic hydroxyl groups excluding tert-OH is 1. The Hall–Kier alpha value is -2.39. The van der Waals surface area contributed by atoms with Gasteiger partial charge in [-0.2, -0.15) is 0 Å². The number of carbonyl (C=O) groups excluding carboxylic acids is 1. The topological polar surface area (TPSA) is 113 Å². The van der Waals surface area contributed by atoms with E-state index in [0.29, 0.717) is 31.5 Å². The van der Waals surface area contributed by atoms with Crippen LogP contribution in [0.3, 0.4) is 0 Å². The van der Waals surface area contributed by atoms with Crippen LogP contribution >= 0.6 is 0 Å². The molecule has 176 valence electrons. The molecule has 6 nitrogen and oxygen atoms in total. The highest BCUT2D eigenvalue weighted by molar-refractivity contribution is 5.81. The molecule has 0 saturated carbocycles. The van der Waals surface area contributed by atoms with E-state index >= 15 is 0 Å². The van der Waals surface area contributed by atoms with Crippen molar-refractivity contribution in [1.29, 1.82) is 0 Å². The number of unbranched alkanes of at least 4 members (excludes halogenated alkanes) is 1. The van der Waals surface area contributed by atoms with Gasteiger partial charge in [0.2, 0.25) is 5.91 Å². The smallest absolute Gasteiger partial charge is 0.250 e. The molecule has 0 aliphatic heterocycles. The highest BCUT2D eigenvalue weighted by Crippen LogP contribution is 2.12. The summed E-state index contributed by atoms with van der Waals surface area (Å²) in [4.78, 5) is 12.1. The second kappa shape index (κ2) is 13.9. The molecule has 3 unspecified atom stereocenters. The van der Waals surface area contributed by atoms with Crippen LogP contribution in [0.1, 0.15) is 30.4 Å². The van der Waals surface area contributed by atoms with E-state index in [4.69, 9.17) is 11.5 Å². The lowest BCUT2D eigenvalue weighted by molar-refractivity contribution is -0.130. The molecule has 0 aliphatic rings. The quantitative estimate of drug-likeness (QED) is 0.282. The molecule has 7 N–H and O–H groups in total. The van der Waals surface area contributed by atoms with Crippen molar-refractivity contribution in [3.63, 3.8) is 0 Å². The Bertz CT molecular complexity index is 823. The number of benzene rings is 2. The second-order valence-corrected chi connectivity index (χ2v) is 8.04. The summed E-state index contributed by atoms with van der Waals surface area (Å²) in [6, 6.07) is 12.0. The van der Waals surface area contributed by atoms with Crippen LogP contribution in [0.4, 0.5) is 8.78 Å². The predicted octanol–water partition coefficient (Wildman–Crippen LogP) is 1.64. The normalized spacial score (nSPS) is 14.0. The summed E-state index contributed by atoms with van der Waals surface area (Å²) in [5.74, 6) is -1.37. The average molecular weight is 449 g/mol. The predicted molar refractivity (Wildman–Crippen MR) is 122 cm³/mol. The van der Waals surface area contributed by atoms with E-state index < -0.39 is 29.7 Å². The van der Waals surface area contributed by atoms with Gasteiger partial charge in [0.05, 0.1) is 0 Å². The molecule has 2 rings (SSSR count). The molecule has 1 amide bonds. The van der Waals surface area contributed by atoms with Gasteiger partial charge in [-0.15, -0.1) is 0 Å². The Morgan fingerprint density at radius 2 is 1.69 bits per heavy atom. The Balaban J connectivity index is 1.51. The molecule has 8 heteroatoms. The number of rotatable bonds is 14. The van der Waals surface area contributed by atoms with E-state index in [9.17, 15) is 18.7 Å². The van der Waals surface area contributed by atoms with E-state index in [0.717, 1.165) is 37.1 Å². The van der Waals surface area contributed by atoms with Gasteiger partial charge in [-0.3, -0.25) is 4.79 Å². The van der Waals surface area contributed by atoms with E-state index in [-0.39, 0.29) is 12.5 Å². The summed E-state index contributed by atoms with van der Waals surface area (Å²) in [7, 11) is 0. The van der Waals surface area contributed by atoms with Crippen LogP contribution in [0.2, 0.25) is 0 Å². The van der Waals surface area contributed by atoms with Gasteiger partial charge in [0.1, 0.15) is 17.7 Å². The molecule has 0 spiro atoms. The van der Waals surface area contributed by atoms with E-state index in [1.807, 2.05) is 30.3 Å². The lowest BCUT2D eigenvalue weighted by atomic mass is 10.0. The highest BCUT2D eigenvalue weighted by Gasteiger charge is 2.22. The maximum atomic E-state index is 13.6. The lowest BCUT2D eigenvalue weighted by Crippen LogP contribution is -2.47. The molecular weight excluding hydrogens is 414 g/mol. The van der Waals surface area contributed by atoms with Gasteiger partial charge >= 0.3 is 0 Å². The van der Waals surface area contributed by atoms with E-state index in [2.05, 4.69) is 10.6 Å². The number of amides is 1. The number of nitrogens with two attached hydrogens (primary N) is 2. The minimum Gasteiger partial charge on any atom is -0.382 e. The van der Waals surface area contributed by atoms with Gasteiger partial charge in [0.25, 0.3) is 0 Å². The summed E-state index contributed by atoms with van der Waals surface area (Å²) in [5.41, 5.74) is 13.2. The molecule has 0 bridgehead atoms. The summed E-state index contributed by atoms with van der Waals surface area (Å²) >= 11 is 0. The van der Waals surface area contributed by atoms with Crippen molar-refractivity contribution in [3.05, 3.63) is 71.3 Å². The molecule has 0 fully saturated rings. The van der Waals surface area contributed by atoms with Crippen LogP contribution in [0, 0.1) is 11.6 Å². The van der Waals surface area contributed by atoms with Gasteiger partial charge < -0.3 is 27.2 Å². The van der Waals surface area contributed by atoms with Crippen molar-refractivity contribution < 1.29 is 18.7 Å². The first-order valence-corrected chi connectivity index (χ1v) is 11.0. The number of halogens is 2. The summed E-state index contributed by atoms with van der Waals surface area (Å²) in [5, 5.41) is 16.1. The minimum atomic E-state index is -1.25. The Labute approximate surface area is 188 Å². The van der Waals surface area contributed by atoms with Crippen LogP contribution < -0.4 is 22.1 Å². The number of hydrogen-bond acceptors (Lipinski definition) is 5. The van der Waals surface area contributed by atoms with Crippen LogP contribution in [0.25, 0.3) is 0 Å². The van der Waals surface area contributed by atoms with Gasteiger partial charge in [-0.25, -0.2) is 8.78 Å². The van der Waals surface area contributed by atoms with Crippen molar-refractivity contribution in [3.8, 4) is 0 Å². The molecule has 0 aromatic heterocycles. The van der Waals surface area contributed by atoms with Crippen LogP contribution in [-0.2, 0) is 17.6 Å². The van der Waals surface area contributed by atoms with Crippen LogP contribution in [0.15, 0.2) is 48.5 Å². The number of carbonyl (C=O) groups is 1. The Morgan fingerprint density at radius 1 is 0.969 bits per heavy atom. The maximum Gasteiger partial charge on any atom is 0.250 e. The maximum absolute atomic E-state index is 13.6. The van der Waals surface area contributed by atoms with E-state index in [1.54, 1.807) is 0 Å². The number of aliphatic hydroxyl groups is 1. The molecular formula is C24H34F2N4O2. The Morgan fingerprint density at radius 3 is 2.44 bits per heavy atom. The number of hydrogen-bond donors (Lipinski definition) is 5. The molecule has 2 aromatic rings. The fourth-order valence-corrected chi connectivity index (χ4v) is 3.38. The van der Waals surface area contributed by atoms with Gasteiger partial charge in [-0.1, -0.05) is 30.3 Å². The largest absolute Gasteiger partial charge is 0.382 e. The molecule has 0 aliphatic carbocycles. The third-order valence-electron chi connectivity index (χ3n) is 5.25. The van der Waals surface area contributed by atoms with Gasteiger partial charge in [0, 0.05) is 18.6 Å². The van der Waals surface area contributed by atoms with E-state index in [1.165, 1.54) is 6.07 Å². The van der Waals surface area contributed by atoms with Crippen molar-refractivity contribution >= 4 is 5.91 Å². The Kier molecular flexibility index (Phi) is 11.2. The standard InChI is InChI=1S/C24H34F2N4O2/c25-19-8-9-21(26)18(15-19)16-20(27)10-13-29-11-4-5-12-30-24(32)23(31)22(28)14-17-6-2-1-3-7-17/h1-3,6-9,15,20,22-23,29,31H,4-5,10-14,16,27-28H2,(H,30,32). The highest BCUT2D eigenvalue weighted by atomic mass is 19.1. The first-order valence-electron chi connectivity index (χ1n) is 11.0. The zero-order valence-corrected chi connectivity index (χ0v) is 18.3. The zero-order valence-electron chi connectivity index (χ0n) is 18.3. The monoisotopic (exact) mass is 448 g/mol. The fourth-order valence-electron chi connectivity index (χ4n) is 3.38. The van der Waals surface area contributed by atoms with Gasteiger partial charge in [-0.05, 0) is 74.5 Å². The summed E-state index contributed by atoms with van der Waals surface area (Å²) in [6.45, 7) is 1.86. The van der Waals surface area contributed by atoms with Crippen molar-refractivity contribution in [1.82, 2.24) is 10.6 Å². The SMILES string of the molecule is NC(CCNCCCCNC(=O)C(O)C(N)Cc1ccccc1)Cc1cc(F)ccc1F. The third-order valence-corrected chi connectivity index (χ3v) is 5.25. The number of nitrogens with one attached hydrogen (secondary N) is 2.